The van der Waals surface area contributed by atoms with E-state index in [-0.39, 0.29) is 11.6 Å². The molecule has 2 rings (SSSR count). The van der Waals surface area contributed by atoms with Gasteiger partial charge in [-0.1, -0.05) is 0 Å². The smallest absolute Gasteiger partial charge is 0.251 e. The molecule has 5 nitrogen and oxygen atoms in total. The summed E-state index contributed by atoms with van der Waals surface area (Å²) in [7, 11) is 0. The Morgan fingerprint density at radius 2 is 2.35 bits per heavy atom. The van der Waals surface area contributed by atoms with Crippen LogP contribution in [0.25, 0.3) is 0 Å². The van der Waals surface area contributed by atoms with Crippen molar-refractivity contribution in [1.82, 2.24) is 15.5 Å². The van der Waals surface area contributed by atoms with Crippen LogP contribution in [0.15, 0.2) is 30.6 Å². The summed E-state index contributed by atoms with van der Waals surface area (Å²) in [4.78, 5) is 11.7. The van der Waals surface area contributed by atoms with E-state index in [1.54, 1.807) is 12.4 Å². The molecule has 0 fully saturated rings. The van der Waals surface area contributed by atoms with Crippen molar-refractivity contribution in [2.24, 2.45) is 0 Å². The Balaban J connectivity index is 2.02. The van der Waals surface area contributed by atoms with E-state index in [2.05, 4.69) is 15.5 Å². The van der Waals surface area contributed by atoms with Crippen LogP contribution in [-0.2, 0) is 6.54 Å². The van der Waals surface area contributed by atoms with Crippen molar-refractivity contribution in [1.29, 1.82) is 0 Å². The average molecular weight is 234 g/mol. The standard InChI is InChI=1S/C11H11FN4O/c12-9-2-1-8(3-10(9)13)11(17)14-4-7-5-15-16-6-7/h1-3,5-6H,4,13H2,(H,14,17)(H,15,16). The van der Waals surface area contributed by atoms with E-state index in [9.17, 15) is 9.18 Å². The zero-order valence-electron chi connectivity index (χ0n) is 8.90. The minimum Gasteiger partial charge on any atom is -0.396 e. The van der Waals surface area contributed by atoms with Gasteiger partial charge in [0.25, 0.3) is 5.91 Å². The summed E-state index contributed by atoms with van der Waals surface area (Å²) in [5.41, 5.74) is 6.52. The lowest BCUT2D eigenvalue weighted by Crippen LogP contribution is -2.22. The normalized spacial score (nSPS) is 10.2. The molecule has 1 aromatic carbocycles. The third-order valence-corrected chi connectivity index (χ3v) is 2.27. The number of nitrogens with one attached hydrogen (secondary N) is 2. The summed E-state index contributed by atoms with van der Waals surface area (Å²) in [6, 6.07) is 3.86. The van der Waals surface area contributed by atoms with E-state index in [0.29, 0.717) is 12.1 Å². The fourth-order valence-corrected chi connectivity index (χ4v) is 1.34. The van der Waals surface area contributed by atoms with Gasteiger partial charge in [0, 0.05) is 23.9 Å². The molecular formula is C11H11FN4O. The zero-order valence-corrected chi connectivity index (χ0v) is 8.90. The maximum Gasteiger partial charge on any atom is 0.251 e. The highest BCUT2D eigenvalue weighted by Crippen LogP contribution is 2.12. The van der Waals surface area contributed by atoms with E-state index in [0.717, 1.165) is 5.56 Å². The van der Waals surface area contributed by atoms with Gasteiger partial charge in [-0.2, -0.15) is 5.10 Å². The number of carbonyl (C=O) groups excluding carboxylic acids is 1. The van der Waals surface area contributed by atoms with Crippen LogP contribution < -0.4 is 11.1 Å². The van der Waals surface area contributed by atoms with Gasteiger partial charge in [0.15, 0.2) is 0 Å². The molecule has 0 aliphatic rings. The lowest BCUT2D eigenvalue weighted by Gasteiger charge is -2.04. The maximum atomic E-state index is 12.9. The third kappa shape index (κ3) is 2.60. The summed E-state index contributed by atoms with van der Waals surface area (Å²) < 4.78 is 12.9. The lowest BCUT2D eigenvalue weighted by molar-refractivity contribution is 0.0951. The number of nitrogen functional groups attached to an aromatic ring is 1. The van der Waals surface area contributed by atoms with Gasteiger partial charge >= 0.3 is 0 Å². The van der Waals surface area contributed by atoms with E-state index in [1.165, 1.54) is 18.2 Å². The highest BCUT2D eigenvalue weighted by Gasteiger charge is 2.07. The van der Waals surface area contributed by atoms with Crippen LogP contribution in [-0.4, -0.2) is 16.1 Å². The summed E-state index contributed by atoms with van der Waals surface area (Å²) in [5, 5.41) is 9.06. The molecule has 0 bridgehead atoms. The van der Waals surface area contributed by atoms with Crippen LogP contribution in [0.5, 0.6) is 0 Å². The lowest BCUT2D eigenvalue weighted by atomic mass is 10.2. The van der Waals surface area contributed by atoms with E-state index in [1.807, 2.05) is 0 Å². The molecule has 17 heavy (non-hydrogen) atoms. The molecule has 0 radical (unpaired) electrons. The second kappa shape index (κ2) is 4.65. The number of aromatic amines is 1. The average Bonchev–Trinajstić information content (AvgIpc) is 2.82. The number of aromatic nitrogens is 2. The molecule has 6 heteroatoms. The molecule has 0 saturated heterocycles. The van der Waals surface area contributed by atoms with Crippen molar-refractivity contribution in [2.45, 2.75) is 6.54 Å². The second-order valence-electron chi connectivity index (χ2n) is 3.53. The largest absolute Gasteiger partial charge is 0.396 e. The molecule has 1 heterocycles. The number of anilines is 1. The zero-order chi connectivity index (χ0) is 12.3. The Kier molecular flexibility index (Phi) is 3.04. The molecule has 0 spiro atoms. The van der Waals surface area contributed by atoms with Crippen molar-refractivity contribution >= 4 is 11.6 Å². The number of nitrogens with zero attached hydrogens (tertiary/aromatic N) is 1. The van der Waals surface area contributed by atoms with Crippen LogP contribution in [0.3, 0.4) is 0 Å². The first-order chi connectivity index (χ1) is 8.16. The molecule has 1 aromatic heterocycles. The first kappa shape index (κ1) is 11.1. The number of halogens is 1. The summed E-state index contributed by atoms with van der Waals surface area (Å²) in [6.07, 6.45) is 3.29. The topological polar surface area (TPSA) is 83.8 Å². The van der Waals surface area contributed by atoms with Gasteiger partial charge in [0.05, 0.1) is 11.9 Å². The first-order valence-electron chi connectivity index (χ1n) is 4.97. The number of amides is 1. The quantitative estimate of drug-likeness (QED) is 0.694. The molecule has 0 unspecified atom stereocenters. The Bertz CT molecular complexity index is 524. The van der Waals surface area contributed by atoms with Crippen LogP contribution in [0.1, 0.15) is 15.9 Å². The van der Waals surface area contributed by atoms with E-state index < -0.39 is 5.82 Å². The predicted octanol–water partition coefficient (Wildman–Crippen LogP) is 1.06. The van der Waals surface area contributed by atoms with Crippen molar-refractivity contribution < 1.29 is 9.18 Å². The monoisotopic (exact) mass is 234 g/mol. The van der Waals surface area contributed by atoms with Gasteiger partial charge in [-0.25, -0.2) is 4.39 Å². The van der Waals surface area contributed by atoms with Crippen molar-refractivity contribution in [3.63, 3.8) is 0 Å². The van der Waals surface area contributed by atoms with Crippen molar-refractivity contribution in [3.8, 4) is 0 Å². The fourth-order valence-electron chi connectivity index (χ4n) is 1.34. The summed E-state index contributed by atoms with van der Waals surface area (Å²) >= 11 is 0. The summed E-state index contributed by atoms with van der Waals surface area (Å²) in [6.45, 7) is 0.354. The molecule has 0 aliphatic heterocycles. The van der Waals surface area contributed by atoms with Crippen molar-refractivity contribution in [2.75, 3.05) is 5.73 Å². The summed E-state index contributed by atoms with van der Waals surface area (Å²) in [5.74, 6) is -0.839. The molecule has 0 aliphatic carbocycles. The number of nitrogens with two attached hydrogens (primary N) is 1. The third-order valence-electron chi connectivity index (χ3n) is 2.27. The van der Waals surface area contributed by atoms with Gasteiger partial charge < -0.3 is 11.1 Å². The van der Waals surface area contributed by atoms with Gasteiger partial charge in [-0.15, -0.1) is 0 Å². The maximum absolute atomic E-state index is 12.9. The number of H-pyrrole nitrogens is 1. The number of carbonyl (C=O) groups is 1. The molecule has 88 valence electrons. The van der Waals surface area contributed by atoms with E-state index in [4.69, 9.17) is 5.73 Å². The van der Waals surface area contributed by atoms with Gasteiger partial charge in [-0.3, -0.25) is 9.89 Å². The Morgan fingerprint density at radius 1 is 1.53 bits per heavy atom. The number of hydrogen-bond acceptors (Lipinski definition) is 3. The molecule has 2 aromatic rings. The van der Waals surface area contributed by atoms with Crippen molar-refractivity contribution in [3.05, 3.63) is 47.5 Å². The SMILES string of the molecule is Nc1cc(C(=O)NCc2cn[nH]c2)ccc1F. The highest BCUT2D eigenvalue weighted by atomic mass is 19.1. The molecular weight excluding hydrogens is 223 g/mol. The Morgan fingerprint density at radius 3 is 3.00 bits per heavy atom. The number of benzene rings is 1. The minimum atomic E-state index is -0.531. The molecule has 1 amide bonds. The van der Waals surface area contributed by atoms with Crippen LogP contribution in [0.4, 0.5) is 10.1 Å². The predicted molar refractivity (Wildman–Crippen MR) is 60.6 cm³/mol. The molecule has 0 saturated carbocycles. The van der Waals surface area contributed by atoms with E-state index >= 15 is 0 Å². The van der Waals surface area contributed by atoms with Gasteiger partial charge in [0.1, 0.15) is 5.82 Å². The van der Waals surface area contributed by atoms with Gasteiger partial charge in [-0.05, 0) is 18.2 Å². The first-order valence-corrected chi connectivity index (χ1v) is 4.97. The van der Waals surface area contributed by atoms with Crippen LogP contribution in [0.2, 0.25) is 0 Å². The minimum absolute atomic E-state index is 0.0408. The van der Waals surface area contributed by atoms with Gasteiger partial charge in [0.2, 0.25) is 0 Å². The fraction of sp³-hybridized carbons (Fsp3) is 0.0909. The molecule has 0 atom stereocenters. The number of rotatable bonds is 3. The second-order valence-corrected chi connectivity index (χ2v) is 3.53. The van der Waals surface area contributed by atoms with Crippen LogP contribution in [0, 0.1) is 5.82 Å². The van der Waals surface area contributed by atoms with Crippen LogP contribution >= 0.6 is 0 Å². The highest BCUT2D eigenvalue weighted by molar-refractivity contribution is 5.94. The molecule has 4 N–H and O–H groups in total. The Hall–Kier alpha value is -2.37. The Labute approximate surface area is 96.8 Å². The number of hydrogen-bond donors (Lipinski definition) is 3.